The summed E-state index contributed by atoms with van der Waals surface area (Å²) in [6.07, 6.45) is 0. The Balaban J connectivity index is 1.32. The molecular weight excluding hydrogens is 599 g/mol. The Morgan fingerprint density at radius 1 is 0.521 bits per heavy atom. The van der Waals surface area contributed by atoms with Crippen molar-refractivity contribution in [1.29, 1.82) is 5.26 Å². The van der Waals surface area contributed by atoms with Crippen LogP contribution in [0.5, 0.6) is 0 Å². The van der Waals surface area contributed by atoms with Gasteiger partial charge in [0.2, 0.25) is 5.69 Å². The van der Waals surface area contributed by atoms with E-state index in [-0.39, 0.29) is 0 Å². The number of aromatic nitrogens is 1. The van der Waals surface area contributed by atoms with Crippen LogP contribution in [0.2, 0.25) is 0 Å². The van der Waals surface area contributed by atoms with E-state index in [4.69, 9.17) is 6.57 Å². The highest BCUT2D eigenvalue weighted by atomic mass is 28.3. The smallest absolute Gasteiger partial charge is 0.211 e. The Morgan fingerprint density at radius 2 is 0.958 bits per heavy atom. The molecule has 0 saturated carbocycles. The molecule has 8 aromatic rings. The maximum absolute atomic E-state index is 10.5. The second-order valence-electron chi connectivity index (χ2n) is 11.9. The molecule has 0 atom stereocenters. The van der Waals surface area contributed by atoms with E-state index in [2.05, 4.69) is 155 Å². The molecule has 0 saturated heterocycles. The summed E-state index contributed by atoms with van der Waals surface area (Å²) in [5.74, 6) is 0. The summed E-state index contributed by atoms with van der Waals surface area (Å²) in [4.78, 5) is 4.00. The van der Waals surface area contributed by atoms with Gasteiger partial charge in [0.25, 0.3) is 0 Å². The van der Waals surface area contributed by atoms with Crippen LogP contribution in [0.3, 0.4) is 0 Å². The lowest BCUT2D eigenvalue weighted by molar-refractivity contribution is 1.18. The quantitative estimate of drug-likeness (QED) is 0.104. The first-order valence-corrected chi connectivity index (χ1v) is 18.0. The van der Waals surface area contributed by atoms with Crippen molar-refractivity contribution in [3.63, 3.8) is 0 Å². The van der Waals surface area contributed by atoms with Gasteiger partial charge in [-0.2, -0.15) is 5.26 Å². The third-order valence-electron chi connectivity index (χ3n) is 9.43. The summed E-state index contributed by atoms with van der Waals surface area (Å²) in [6.45, 7) is 8.23. The van der Waals surface area contributed by atoms with Gasteiger partial charge in [0.1, 0.15) is 0 Å². The van der Waals surface area contributed by atoms with Crippen LogP contribution < -0.4 is 20.7 Å². The number of hydrogen-bond donors (Lipinski definition) is 0. The van der Waals surface area contributed by atoms with Gasteiger partial charge in [0, 0.05) is 10.8 Å². The topological polar surface area (TPSA) is 33.1 Å². The van der Waals surface area contributed by atoms with Gasteiger partial charge in [-0.25, -0.2) is 4.85 Å². The van der Waals surface area contributed by atoms with Gasteiger partial charge in [-0.3, -0.25) is 0 Å². The van der Waals surface area contributed by atoms with Crippen molar-refractivity contribution in [2.45, 2.75) is 0 Å². The van der Waals surface area contributed by atoms with Crippen LogP contribution >= 0.6 is 0 Å². The first-order valence-electron chi connectivity index (χ1n) is 16.0. The standard InChI is InChI=1S/C44H29N3Si/c1-46-41-30-40(33(31-45)29-44(41)47-42-23-13-11-21-38(42)39-22-12-14-24-43(39)47)32-25-27-37(28-26-32)48(34-15-5-2-6-16-34,35-17-7-3-8-18-35)36-19-9-4-10-20-36/h2-30H. The molecule has 1 heterocycles. The monoisotopic (exact) mass is 627 g/mol. The molecule has 0 fully saturated rings. The molecule has 0 aliphatic rings. The molecule has 0 aliphatic carbocycles. The average molecular weight is 628 g/mol. The second-order valence-corrected chi connectivity index (χ2v) is 15.7. The summed E-state index contributed by atoms with van der Waals surface area (Å²) in [7, 11) is -2.68. The van der Waals surface area contributed by atoms with Crippen molar-refractivity contribution in [2.75, 3.05) is 0 Å². The van der Waals surface area contributed by atoms with Gasteiger partial charge < -0.3 is 4.57 Å². The summed E-state index contributed by atoms with van der Waals surface area (Å²) >= 11 is 0. The van der Waals surface area contributed by atoms with Crippen molar-refractivity contribution in [3.8, 4) is 22.9 Å². The minimum atomic E-state index is -2.68. The second kappa shape index (κ2) is 12.0. The molecule has 224 valence electrons. The van der Waals surface area contributed by atoms with Crippen LogP contribution in [0.25, 0.3) is 43.5 Å². The summed E-state index contributed by atoms with van der Waals surface area (Å²) in [6, 6.07) is 63.9. The fourth-order valence-corrected chi connectivity index (χ4v) is 12.1. The van der Waals surface area contributed by atoms with Crippen molar-refractivity contribution in [1.82, 2.24) is 4.57 Å². The Hall–Kier alpha value is -6.46. The molecule has 0 bridgehead atoms. The first kappa shape index (κ1) is 29.0. The summed E-state index contributed by atoms with van der Waals surface area (Å²) in [5.41, 5.74) is 5.42. The number of para-hydroxylation sites is 2. The highest BCUT2D eigenvalue weighted by Gasteiger charge is 2.41. The zero-order valence-electron chi connectivity index (χ0n) is 26.1. The predicted octanol–water partition coefficient (Wildman–Crippen LogP) is 8.25. The normalized spacial score (nSPS) is 11.3. The molecule has 0 unspecified atom stereocenters. The average Bonchev–Trinajstić information content (AvgIpc) is 3.50. The molecule has 0 aliphatic heterocycles. The minimum absolute atomic E-state index is 0.501. The first-order chi connectivity index (χ1) is 23.7. The van der Waals surface area contributed by atoms with Crippen LogP contribution in [0.1, 0.15) is 5.56 Å². The van der Waals surface area contributed by atoms with E-state index < -0.39 is 8.07 Å². The predicted molar refractivity (Wildman–Crippen MR) is 201 cm³/mol. The third-order valence-corrected chi connectivity index (χ3v) is 14.2. The van der Waals surface area contributed by atoms with E-state index >= 15 is 0 Å². The maximum atomic E-state index is 10.5. The van der Waals surface area contributed by atoms with Gasteiger partial charge in [-0.1, -0.05) is 152 Å². The van der Waals surface area contributed by atoms with Gasteiger partial charge in [-0.15, -0.1) is 0 Å². The third kappa shape index (κ3) is 4.55. The van der Waals surface area contributed by atoms with Crippen molar-refractivity contribution >= 4 is 56.3 Å². The molecule has 8 rings (SSSR count). The lowest BCUT2D eigenvalue weighted by Gasteiger charge is -2.34. The summed E-state index contributed by atoms with van der Waals surface area (Å²) < 4.78 is 2.12. The number of hydrogen-bond acceptors (Lipinski definition) is 1. The summed E-state index contributed by atoms with van der Waals surface area (Å²) in [5, 5.41) is 17.9. The van der Waals surface area contributed by atoms with E-state index in [0.717, 1.165) is 32.9 Å². The molecule has 0 radical (unpaired) electrons. The molecule has 1 aromatic heterocycles. The molecule has 3 nitrogen and oxygen atoms in total. The molecule has 0 N–H and O–H groups in total. The van der Waals surface area contributed by atoms with Crippen LogP contribution in [0.15, 0.2) is 176 Å². The molecular formula is C44H29N3Si. The fourth-order valence-electron chi connectivity index (χ4n) is 7.32. The highest BCUT2D eigenvalue weighted by Crippen LogP contribution is 2.39. The molecule has 0 spiro atoms. The van der Waals surface area contributed by atoms with E-state index in [9.17, 15) is 5.26 Å². The van der Waals surface area contributed by atoms with Gasteiger partial charge in [-0.05, 0) is 56.1 Å². The highest BCUT2D eigenvalue weighted by molar-refractivity contribution is 7.19. The van der Waals surface area contributed by atoms with E-state index in [1.165, 1.54) is 20.7 Å². The Labute approximate surface area is 281 Å². The molecule has 0 amide bonds. The van der Waals surface area contributed by atoms with Crippen LogP contribution in [0, 0.1) is 17.9 Å². The van der Waals surface area contributed by atoms with Crippen molar-refractivity contribution in [3.05, 3.63) is 193 Å². The Morgan fingerprint density at radius 3 is 1.42 bits per heavy atom. The van der Waals surface area contributed by atoms with Crippen LogP contribution in [0.4, 0.5) is 5.69 Å². The van der Waals surface area contributed by atoms with Gasteiger partial charge >= 0.3 is 0 Å². The molecule has 48 heavy (non-hydrogen) atoms. The molecule has 4 heteroatoms. The number of nitrogens with zero attached hydrogens (tertiary/aromatic N) is 3. The van der Waals surface area contributed by atoms with Gasteiger partial charge in [0.15, 0.2) is 8.07 Å². The number of fused-ring (bicyclic) bond motifs is 3. The Kier molecular flexibility index (Phi) is 7.27. The fraction of sp³-hybridized carbons (Fsp3) is 0. The largest absolute Gasteiger partial charge is 0.319 e. The van der Waals surface area contributed by atoms with E-state index in [0.29, 0.717) is 16.9 Å². The number of nitriles is 1. The number of rotatable bonds is 6. The lowest BCUT2D eigenvalue weighted by atomic mass is 9.98. The van der Waals surface area contributed by atoms with Crippen molar-refractivity contribution in [2.24, 2.45) is 0 Å². The van der Waals surface area contributed by atoms with Crippen LogP contribution in [-0.4, -0.2) is 12.6 Å². The zero-order chi connectivity index (χ0) is 32.5. The van der Waals surface area contributed by atoms with Crippen molar-refractivity contribution < 1.29 is 0 Å². The van der Waals surface area contributed by atoms with E-state index in [1.54, 1.807) is 0 Å². The zero-order valence-corrected chi connectivity index (χ0v) is 27.1. The molecule has 7 aromatic carbocycles. The van der Waals surface area contributed by atoms with Crippen LogP contribution in [-0.2, 0) is 0 Å². The minimum Gasteiger partial charge on any atom is -0.319 e. The maximum Gasteiger partial charge on any atom is 0.211 e. The lowest BCUT2D eigenvalue weighted by Crippen LogP contribution is -2.74. The Bertz CT molecular complexity index is 2350. The van der Waals surface area contributed by atoms with Gasteiger partial charge in [0.05, 0.1) is 34.9 Å². The van der Waals surface area contributed by atoms with E-state index in [1.807, 2.05) is 36.4 Å². The SMILES string of the molecule is [C-]#[N+]c1cc(-c2ccc([Si](c3ccccc3)(c3ccccc3)c3ccccc3)cc2)c(C#N)cc1-n1c2ccccc2c2ccccc21. The number of benzene rings is 7.